The predicted molar refractivity (Wildman–Crippen MR) is 88.1 cm³/mol. The molecule has 110 valence electrons. The van der Waals surface area contributed by atoms with Crippen LogP contribution >= 0.6 is 27.3 Å². The molecule has 0 fully saturated rings. The molecule has 0 aliphatic carbocycles. The summed E-state index contributed by atoms with van der Waals surface area (Å²) in [7, 11) is -3.20. The Morgan fingerprint density at radius 2 is 2.19 bits per heavy atom. The standard InChI is InChI=1S/C13H11BrN2O3S2/c14-8-2-1-3-9-10(8)11(15)12(20-9)13(17)16-7-4-5-21(18,19)6-7/h1-5,7H,6,15H2,(H,16,17). The summed E-state index contributed by atoms with van der Waals surface area (Å²) in [6.45, 7) is 0. The zero-order valence-electron chi connectivity index (χ0n) is 10.7. The number of rotatable bonds is 2. The van der Waals surface area contributed by atoms with Crippen molar-refractivity contribution in [1.82, 2.24) is 5.32 Å². The average molecular weight is 387 g/mol. The highest BCUT2D eigenvalue weighted by molar-refractivity contribution is 9.10. The van der Waals surface area contributed by atoms with E-state index in [2.05, 4.69) is 21.2 Å². The largest absolute Gasteiger partial charge is 0.397 e. The van der Waals surface area contributed by atoms with Crippen LogP contribution in [0.3, 0.4) is 0 Å². The van der Waals surface area contributed by atoms with Crippen molar-refractivity contribution in [2.75, 3.05) is 11.5 Å². The molecule has 1 atom stereocenters. The van der Waals surface area contributed by atoms with Gasteiger partial charge in [-0.2, -0.15) is 0 Å². The normalized spacial score (nSPS) is 20.0. The molecule has 3 rings (SSSR count). The first-order valence-corrected chi connectivity index (χ1v) is 9.38. The number of carbonyl (C=O) groups excluding carboxylic acids is 1. The summed E-state index contributed by atoms with van der Waals surface area (Å²) in [5, 5.41) is 4.62. The summed E-state index contributed by atoms with van der Waals surface area (Å²) in [4.78, 5) is 12.7. The van der Waals surface area contributed by atoms with Gasteiger partial charge in [-0.15, -0.1) is 11.3 Å². The van der Waals surface area contributed by atoms with E-state index in [1.165, 1.54) is 17.4 Å². The number of hydrogen-bond donors (Lipinski definition) is 2. The second-order valence-corrected chi connectivity index (χ2v) is 8.53. The van der Waals surface area contributed by atoms with Gasteiger partial charge in [-0.25, -0.2) is 8.42 Å². The van der Waals surface area contributed by atoms with E-state index in [1.54, 1.807) is 0 Å². The Balaban J connectivity index is 1.91. The second-order valence-electron chi connectivity index (χ2n) is 4.70. The van der Waals surface area contributed by atoms with Gasteiger partial charge in [0.2, 0.25) is 0 Å². The van der Waals surface area contributed by atoms with Gasteiger partial charge in [-0.1, -0.05) is 22.0 Å². The maximum absolute atomic E-state index is 12.3. The molecule has 2 aromatic rings. The first kappa shape index (κ1) is 14.6. The Labute approximate surface area is 133 Å². The molecule has 5 nitrogen and oxygen atoms in total. The van der Waals surface area contributed by atoms with E-state index >= 15 is 0 Å². The number of nitrogens with two attached hydrogens (primary N) is 1. The third kappa shape index (κ3) is 2.70. The van der Waals surface area contributed by atoms with Gasteiger partial charge in [-0.3, -0.25) is 4.79 Å². The zero-order chi connectivity index (χ0) is 15.2. The summed E-state index contributed by atoms with van der Waals surface area (Å²) in [6, 6.07) is 5.11. The van der Waals surface area contributed by atoms with Crippen LogP contribution in [0.15, 0.2) is 34.2 Å². The summed E-state index contributed by atoms with van der Waals surface area (Å²) in [5.41, 5.74) is 6.46. The molecule has 1 aliphatic heterocycles. The molecule has 0 saturated heterocycles. The average Bonchev–Trinajstić information content (AvgIpc) is 2.91. The number of anilines is 1. The molecule has 0 bridgehead atoms. The van der Waals surface area contributed by atoms with E-state index in [9.17, 15) is 13.2 Å². The van der Waals surface area contributed by atoms with Crippen LogP contribution < -0.4 is 11.1 Å². The van der Waals surface area contributed by atoms with Crippen molar-refractivity contribution in [2.24, 2.45) is 0 Å². The number of benzene rings is 1. The van der Waals surface area contributed by atoms with Crippen LogP contribution in [-0.4, -0.2) is 26.1 Å². The Morgan fingerprint density at radius 1 is 1.43 bits per heavy atom. The number of nitrogen functional groups attached to an aromatic ring is 1. The number of sulfone groups is 1. The van der Waals surface area contributed by atoms with Crippen molar-refractivity contribution in [2.45, 2.75) is 6.04 Å². The number of hydrogen-bond acceptors (Lipinski definition) is 5. The van der Waals surface area contributed by atoms with Crippen LogP contribution in [0, 0.1) is 0 Å². The topological polar surface area (TPSA) is 89.3 Å². The lowest BCUT2D eigenvalue weighted by Gasteiger charge is -2.09. The van der Waals surface area contributed by atoms with Gasteiger partial charge in [0.25, 0.3) is 5.91 Å². The van der Waals surface area contributed by atoms with Crippen LogP contribution in [0.2, 0.25) is 0 Å². The number of fused-ring (bicyclic) bond motifs is 1. The third-order valence-corrected chi connectivity index (χ3v) is 6.38. The van der Waals surface area contributed by atoms with Gasteiger partial charge in [0.1, 0.15) is 4.88 Å². The summed E-state index contributed by atoms with van der Waals surface area (Å²) >= 11 is 4.71. The smallest absolute Gasteiger partial charge is 0.264 e. The van der Waals surface area contributed by atoms with Gasteiger partial charge in [-0.05, 0) is 18.2 Å². The molecule has 1 amide bonds. The fourth-order valence-electron chi connectivity index (χ4n) is 2.20. The SMILES string of the molecule is Nc1c(C(=O)NC2C=CS(=O)(=O)C2)sc2cccc(Br)c12. The Morgan fingerprint density at radius 3 is 2.81 bits per heavy atom. The Bertz CT molecular complexity index is 871. The maximum atomic E-state index is 12.3. The number of nitrogens with one attached hydrogen (secondary N) is 1. The maximum Gasteiger partial charge on any atom is 0.264 e. The van der Waals surface area contributed by atoms with Crippen LogP contribution in [0.1, 0.15) is 9.67 Å². The Hall–Kier alpha value is -1.38. The van der Waals surface area contributed by atoms with Crippen LogP contribution in [0.4, 0.5) is 5.69 Å². The summed E-state index contributed by atoms with van der Waals surface area (Å²) in [5.74, 6) is -0.458. The van der Waals surface area contributed by atoms with E-state index in [4.69, 9.17) is 5.73 Å². The molecule has 3 N–H and O–H groups in total. The fourth-order valence-corrected chi connectivity index (χ4v) is 5.20. The predicted octanol–water partition coefficient (Wildman–Crippen LogP) is 2.29. The first-order valence-electron chi connectivity index (χ1n) is 6.06. The molecule has 1 aromatic carbocycles. The molecular weight excluding hydrogens is 376 g/mol. The molecular formula is C13H11BrN2O3S2. The molecule has 21 heavy (non-hydrogen) atoms. The van der Waals surface area contributed by atoms with Gasteiger partial charge in [0.05, 0.1) is 17.5 Å². The van der Waals surface area contributed by atoms with Crippen molar-refractivity contribution >= 4 is 58.8 Å². The van der Waals surface area contributed by atoms with E-state index < -0.39 is 15.9 Å². The first-order chi connectivity index (χ1) is 9.87. The van der Waals surface area contributed by atoms with E-state index in [0.29, 0.717) is 10.6 Å². The minimum atomic E-state index is -3.20. The molecule has 2 heterocycles. The monoisotopic (exact) mass is 386 g/mol. The van der Waals surface area contributed by atoms with Crippen LogP contribution in [-0.2, 0) is 9.84 Å². The molecule has 1 aromatic heterocycles. The molecule has 0 radical (unpaired) electrons. The van der Waals surface area contributed by atoms with Gasteiger partial charge < -0.3 is 11.1 Å². The lowest BCUT2D eigenvalue weighted by atomic mass is 10.2. The summed E-state index contributed by atoms with van der Waals surface area (Å²) in [6.07, 6.45) is 1.48. The third-order valence-electron chi connectivity index (χ3n) is 3.15. The highest BCUT2D eigenvalue weighted by atomic mass is 79.9. The van der Waals surface area contributed by atoms with Crippen LogP contribution in [0.25, 0.3) is 10.1 Å². The number of carbonyl (C=O) groups is 1. The van der Waals surface area contributed by atoms with Gasteiger partial charge >= 0.3 is 0 Å². The van der Waals surface area contributed by atoms with Crippen molar-refractivity contribution < 1.29 is 13.2 Å². The van der Waals surface area contributed by atoms with E-state index in [1.807, 2.05) is 18.2 Å². The van der Waals surface area contributed by atoms with Crippen molar-refractivity contribution in [3.05, 3.63) is 39.0 Å². The van der Waals surface area contributed by atoms with E-state index in [0.717, 1.165) is 20.0 Å². The van der Waals surface area contributed by atoms with E-state index in [-0.39, 0.29) is 11.7 Å². The van der Waals surface area contributed by atoms with Gasteiger partial charge in [0.15, 0.2) is 9.84 Å². The highest BCUT2D eigenvalue weighted by Crippen LogP contribution is 2.38. The minimum Gasteiger partial charge on any atom is -0.397 e. The second kappa shape index (κ2) is 5.11. The number of halogens is 1. The summed E-state index contributed by atoms with van der Waals surface area (Å²) < 4.78 is 24.4. The lowest BCUT2D eigenvalue weighted by Crippen LogP contribution is -2.35. The van der Waals surface area contributed by atoms with Crippen molar-refractivity contribution in [1.29, 1.82) is 0 Å². The van der Waals surface area contributed by atoms with Crippen molar-refractivity contribution in [3.8, 4) is 0 Å². The highest BCUT2D eigenvalue weighted by Gasteiger charge is 2.25. The van der Waals surface area contributed by atoms with Gasteiger partial charge in [0, 0.05) is 20.0 Å². The molecule has 0 saturated carbocycles. The molecule has 1 unspecified atom stereocenters. The quantitative estimate of drug-likeness (QED) is 0.828. The minimum absolute atomic E-state index is 0.104. The fraction of sp³-hybridized carbons (Fsp3) is 0.154. The molecule has 1 aliphatic rings. The number of thiophene rings is 1. The number of amides is 1. The van der Waals surface area contributed by atoms with Crippen molar-refractivity contribution in [3.63, 3.8) is 0 Å². The zero-order valence-corrected chi connectivity index (χ0v) is 13.9. The van der Waals surface area contributed by atoms with Crippen LogP contribution in [0.5, 0.6) is 0 Å². The Kier molecular flexibility index (Phi) is 3.54. The molecule has 8 heteroatoms. The lowest BCUT2D eigenvalue weighted by molar-refractivity contribution is 0.0952. The molecule has 0 spiro atoms.